The summed E-state index contributed by atoms with van der Waals surface area (Å²) in [4.78, 5) is 12.1. The largest absolute Gasteiger partial charge is 0.282 e. The third kappa shape index (κ3) is 1.99. The molecule has 3 rings (SSSR count). The molecular formula is C14H10O3S2. The van der Waals surface area contributed by atoms with E-state index in [9.17, 15) is 13.2 Å². The van der Waals surface area contributed by atoms with Gasteiger partial charge in [-0.25, -0.2) is 8.42 Å². The smallest absolute Gasteiger partial charge is 0.221 e. The van der Waals surface area contributed by atoms with Crippen LogP contribution in [0.15, 0.2) is 59.5 Å². The second-order valence-corrected chi connectivity index (χ2v) is 7.59. The molecule has 96 valence electrons. The Labute approximate surface area is 115 Å². The van der Waals surface area contributed by atoms with Gasteiger partial charge in [-0.05, 0) is 17.7 Å². The van der Waals surface area contributed by atoms with Crippen molar-refractivity contribution in [3.05, 3.63) is 65.7 Å². The molecule has 0 spiro atoms. The Hall–Kier alpha value is -1.59. The van der Waals surface area contributed by atoms with Gasteiger partial charge in [-0.15, -0.1) is 0 Å². The molecule has 0 saturated heterocycles. The number of hydrogen-bond acceptors (Lipinski definition) is 4. The number of rotatable bonds is 2. The molecular weight excluding hydrogens is 280 g/mol. The van der Waals surface area contributed by atoms with Crippen molar-refractivity contribution in [2.45, 2.75) is 9.48 Å². The second-order valence-electron chi connectivity index (χ2n) is 4.18. The Morgan fingerprint density at radius 2 is 1.53 bits per heavy atom. The lowest BCUT2D eigenvalue weighted by Gasteiger charge is -2.11. The topological polar surface area (TPSA) is 51.2 Å². The van der Waals surface area contributed by atoms with Crippen molar-refractivity contribution in [3.8, 4) is 0 Å². The van der Waals surface area contributed by atoms with E-state index >= 15 is 0 Å². The molecule has 0 bridgehead atoms. The van der Waals surface area contributed by atoms with Crippen molar-refractivity contribution < 1.29 is 13.2 Å². The number of hydrogen-bond donors (Lipinski definition) is 0. The molecule has 1 aliphatic rings. The van der Waals surface area contributed by atoms with Crippen LogP contribution in [0.3, 0.4) is 0 Å². The first-order chi connectivity index (χ1) is 9.10. The van der Waals surface area contributed by atoms with Crippen LogP contribution in [0.1, 0.15) is 20.5 Å². The molecule has 2 aromatic carbocycles. The van der Waals surface area contributed by atoms with Crippen LogP contribution in [0.25, 0.3) is 0 Å². The average molecular weight is 290 g/mol. The summed E-state index contributed by atoms with van der Waals surface area (Å²) in [5.41, 5.74) is 1.08. The van der Waals surface area contributed by atoms with Crippen LogP contribution < -0.4 is 0 Å². The highest BCUT2D eigenvalue weighted by molar-refractivity contribution is 8.23. The Balaban J connectivity index is 2.13. The highest BCUT2D eigenvalue weighted by Gasteiger charge is 2.39. The summed E-state index contributed by atoms with van der Waals surface area (Å²) in [6.07, 6.45) is 0. The lowest BCUT2D eigenvalue weighted by Crippen LogP contribution is -2.08. The fourth-order valence-corrected chi connectivity index (χ4v) is 5.34. The first kappa shape index (κ1) is 12.4. The van der Waals surface area contributed by atoms with E-state index in [0.717, 1.165) is 11.8 Å². The maximum atomic E-state index is 12.6. The summed E-state index contributed by atoms with van der Waals surface area (Å²) in [5, 5.41) is -0.180. The predicted octanol–water partition coefficient (Wildman–Crippen LogP) is 3.05. The zero-order valence-electron chi connectivity index (χ0n) is 9.81. The number of carbonyl (C=O) groups excluding carboxylic acids is 1. The molecule has 1 heterocycles. The molecule has 0 saturated carbocycles. The minimum absolute atomic E-state index is 0.180. The van der Waals surface area contributed by atoms with Gasteiger partial charge in [-0.3, -0.25) is 4.79 Å². The number of thioether (sulfide) groups is 1. The average Bonchev–Trinajstić information content (AvgIpc) is 2.79. The van der Waals surface area contributed by atoms with E-state index in [1.54, 1.807) is 54.6 Å². The van der Waals surface area contributed by atoms with Crippen LogP contribution in [0.2, 0.25) is 0 Å². The molecule has 0 amide bonds. The zero-order valence-corrected chi connectivity index (χ0v) is 11.4. The maximum absolute atomic E-state index is 12.6. The van der Waals surface area contributed by atoms with Gasteiger partial charge in [0.05, 0.1) is 4.90 Å². The van der Waals surface area contributed by atoms with E-state index in [0.29, 0.717) is 11.1 Å². The van der Waals surface area contributed by atoms with Gasteiger partial charge in [-0.1, -0.05) is 54.2 Å². The van der Waals surface area contributed by atoms with Gasteiger partial charge in [0.1, 0.15) is 4.58 Å². The first-order valence-electron chi connectivity index (χ1n) is 5.69. The minimum Gasteiger partial charge on any atom is -0.282 e. The minimum atomic E-state index is -3.54. The maximum Gasteiger partial charge on any atom is 0.221 e. The number of benzene rings is 2. The van der Waals surface area contributed by atoms with E-state index in [1.165, 1.54) is 0 Å². The fraction of sp³-hybridized carbons (Fsp3) is 0.0714. The summed E-state index contributed by atoms with van der Waals surface area (Å²) < 4.78 is 24.3. The fourth-order valence-electron chi connectivity index (χ4n) is 2.08. The van der Waals surface area contributed by atoms with Gasteiger partial charge >= 0.3 is 0 Å². The van der Waals surface area contributed by atoms with Crippen molar-refractivity contribution in [3.63, 3.8) is 0 Å². The molecule has 1 atom stereocenters. The summed E-state index contributed by atoms with van der Waals surface area (Å²) in [6, 6.07) is 15.1. The molecule has 0 aromatic heterocycles. The Bertz CT molecular complexity index is 736. The Kier molecular flexibility index (Phi) is 2.95. The lowest BCUT2D eigenvalue weighted by molar-refractivity contribution is 0.109. The van der Waals surface area contributed by atoms with Gasteiger partial charge in [0, 0.05) is 5.56 Å². The van der Waals surface area contributed by atoms with E-state index in [4.69, 9.17) is 0 Å². The Morgan fingerprint density at radius 1 is 0.895 bits per heavy atom. The molecule has 3 nitrogen and oxygen atoms in total. The third-order valence-corrected chi connectivity index (χ3v) is 6.70. The van der Waals surface area contributed by atoms with Crippen molar-refractivity contribution in [2.24, 2.45) is 0 Å². The van der Waals surface area contributed by atoms with Crippen LogP contribution in [0.4, 0.5) is 0 Å². The molecule has 1 unspecified atom stereocenters. The van der Waals surface area contributed by atoms with E-state index in [-0.39, 0.29) is 10.0 Å². The van der Waals surface area contributed by atoms with Gasteiger partial charge < -0.3 is 0 Å². The Morgan fingerprint density at radius 3 is 2.26 bits per heavy atom. The first-order valence-corrected chi connectivity index (χ1v) is 8.12. The molecule has 0 fully saturated rings. The molecule has 0 N–H and O–H groups in total. The lowest BCUT2D eigenvalue weighted by atomic mass is 10.1. The quantitative estimate of drug-likeness (QED) is 0.853. The van der Waals surface area contributed by atoms with Crippen molar-refractivity contribution in [1.29, 1.82) is 0 Å². The van der Waals surface area contributed by atoms with Crippen LogP contribution in [0.5, 0.6) is 0 Å². The zero-order chi connectivity index (χ0) is 13.5. The number of fused-ring (bicyclic) bond motifs is 1. The van der Waals surface area contributed by atoms with Crippen LogP contribution >= 0.6 is 11.8 Å². The summed E-state index contributed by atoms with van der Waals surface area (Å²) >= 11 is 0.869. The SMILES string of the molecule is O=C1SC(S(=O)(=O)c2ccccc2)c2ccccc21. The highest BCUT2D eigenvalue weighted by atomic mass is 32.3. The summed E-state index contributed by atoms with van der Waals surface area (Å²) in [5.74, 6) is 0. The van der Waals surface area contributed by atoms with Gasteiger partial charge in [0.2, 0.25) is 5.12 Å². The highest BCUT2D eigenvalue weighted by Crippen LogP contribution is 2.47. The molecule has 0 aliphatic carbocycles. The second kappa shape index (κ2) is 4.51. The summed E-state index contributed by atoms with van der Waals surface area (Å²) in [6.45, 7) is 0. The standard InChI is InChI=1S/C14H10O3S2/c15-13-11-8-4-5-9-12(11)14(18-13)19(16,17)10-6-2-1-3-7-10/h1-9,14H. The van der Waals surface area contributed by atoms with Crippen molar-refractivity contribution in [2.75, 3.05) is 0 Å². The molecule has 2 aromatic rings. The molecule has 1 aliphatic heterocycles. The van der Waals surface area contributed by atoms with E-state index < -0.39 is 14.4 Å². The van der Waals surface area contributed by atoms with Crippen molar-refractivity contribution in [1.82, 2.24) is 0 Å². The van der Waals surface area contributed by atoms with Gasteiger partial charge in [-0.2, -0.15) is 0 Å². The van der Waals surface area contributed by atoms with Crippen LogP contribution in [-0.2, 0) is 9.84 Å². The van der Waals surface area contributed by atoms with E-state index in [1.807, 2.05) is 0 Å². The van der Waals surface area contributed by atoms with Crippen LogP contribution in [-0.4, -0.2) is 13.5 Å². The number of sulfone groups is 1. The van der Waals surface area contributed by atoms with Crippen LogP contribution in [0, 0.1) is 0 Å². The molecule has 0 radical (unpaired) electrons. The monoisotopic (exact) mass is 290 g/mol. The van der Waals surface area contributed by atoms with E-state index in [2.05, 4.69) is 0 Å². The molecule has 5 heteroatoms. The van der Waals surface area contributed by atoms with Gasteiger partial charge in [0.25, 0.3) is 0 Å². The molecule has 19 heavy (non-hydrogen) atoms. The normalized spacial score (nSPS) is 18.3. The number of carbonyl (C=O) groups is 1. The van der Waals surface area contributed by atoms with Gasteiger partial charge in [0.15, 0.2) is 9.84 Å². The van der Waals surface area contributed by atoms with Crippen molar-refractivity contribution >= 4 is 26.7 Å². The third-order valence-electron chi connectivity index (χ3n) is 3.00. The predicted molar refractivity (Wildman–Crippen MR) is 74.7 cm³/mol. The summed E-state index contributed by atoms with van der Waals surface area (Å²) in [7, 11) is -3.54.